The fourth-order valence-electron chi connectivity index (χ4n) is 2.38. The minimum absolute atomic E-state index is 0.512. The molecule has 22 heavy (non-hydrogen) atoms. The molecule has 0 spiro atoms. The van der Waals surface area contributed by atoms with E-state index >= 15 is 0 Å². The van der Waals surface area contributed by atoms with Crippen LogP contribution in [-0.4, -0.2) is 20.3 Å². The molecule has 0 saturated carbocycles. The van der Waals surface area contributed by atoms with E-state index in [4.69, 9.17) is 9.47 Å². The van der Waals surface area contributed by atoms with Crippen LogP contribution in [0.25, 0.3) is 0 Å². The largest absolute Gasteiger partial charge is 0.495 e. The summed E-state index contributed by atoms with van der Waals surface area (Å²) in [6.07, 6.45) is 1.11. The Morgan fingerprint density at radius 1 is 1.00 bits per heavy atom. The molecule has 1 unspecified atom stereocenters. The van der Waals surface area contributed by atoms with Gasteiger partial charge in [-0.2, -0.15) is 0 Å². The molecule has 0 heterocycles. The first-order valence-electron chi connectivity index (χ1n) is 7.84. The third kappa shape index (κ3) is 4.17. The molecule has 0 aliphatic heterocycles. The highest BCUT2D eigenvalue weighted by molar-refractivity contribution is 5.56. The van der Waals surface area contributed by atoms with Gasteiger partial charge in [0.05, 0.1) is 12.8 Å². The highest BCUT2D eigenvalue weighted by Crippen LogP contribution is 2.28. The van der Waals surface area contributed by atoms with Gasteiger partial charge in [0.2, 0.25) is 0 Å². The summed E-state index contributed by atoms with van der Waals surface area (Å²) in [6.45, 7) is 5.78. The van der Waals surface area contributed by atoms with Crippen LogP contribution in [0.5, 0.6) is 11.5 Å². The van der Waals surface area contributed by atoms with Crippen LogP contribution in [-0.2, 0) is 0 Å². The van der Waals surface area contributed by atoms with Crippen molar-refractivity contribution in [1.29, 1.82) is 0 Å². The van der Waals surface area contributed by atoms with E-state index in [-0.39, 0.29) is 0 Å². The SMILES string of the molecule is CCC(C)c1ccccc1OCCNc1ccccc1OC. The molecular weight excluding hydrogens is 274 g/mol. The summed E-state index contributed by atoms with van der Waals surface area (Å²) >= 11 is 0. The zero-order valence-corrected chi connectivity index (χ0v) is 13.6. The Morgan fingerprint density at radius 2 is 1.68 bits per heavy atom. The van der Waals surface area contributed by atoms with Gasteiger partial charge in [0, 0.05) is 6.54 Å². The highest BCUT2D eigenvalue weighted by atomic mass is 16.5. The maximum absolute atomic E-state index is 5.95. The van der Waals surface area contributed by atoms with Crippen molar-refractivity contribution in [2.45, 2.75) is 26.2 Å². The van der Waals surface area contributed by atoms with Crippen LogP contribution >= 0.6 is 0 Å². The van der Waals surface area contributed by atoms with Gasteiger partial charge in [-0.15, -0.1) is 0 Å². The van der Waals surface area contributed by atoms with Crippen LogP contribution in [0, 0.1) is 0 Å². The Morgan fingerprint density at radius 3 is 2.41 bits per heavy atom. The first-order valence-corrected chi connectivity index (χ1v) is 7.84. The number of benzene rings is 2. The van der Waals surface area contributed by atoms with Gasteiger partial charge in [-0.3, -0.25) is 0 Å². The normalized spacial score (nSPS) is 11.8. The van der Waals surface area contributed by atoms with Crippen molar-refractivity contribution in [2.24, 2.45) is 0 Å². The Labute approximate surface area is 133 Å². The number of rotatable bonds is 8. The van der Waals surface area contributed by atoms with Crippen LogP contribution in [0.3, 0.4) is 0 Å². The third-order valence-corrected chi connectivity index (χ3v) is 3.84. The average Bonchev–Trinajstić information content (AvgIpc) is 2.58. The summed E-state index contributed by atoms with van der Waals surface area (Å²) in [5.41, 5.74) is 2.27. The molecule has 0 bridgehead atoms. The van der Waals surface area contributed by atoms with E-state index in [1.165, 1.54) is 5.56 Å². The van der Waals surface area contributed by atoms with Crippen LogP contribution in [0.4, 0.5) is 5.69 Å². The molecule has 0 aromatic heterocycles. The van der Waals surface area contributed by atoms with Gasteiger partial charge < -0.3 is 14.8 Å². The molecule has 1 N–H and O–H groups in total. The van der Waals surface area contributed by atoms with Gasteiger partial charge in [-0.05, 0) is 36.1 Å². The fraction of sp³-hybridized carbons (Fsp3) is 0.368. The molecule has 2 aromatic rings. The topological polar surface area (TPSA) is 30.5 Å². The monoisotopic (exact) mass is 299 g/mol. The number of nitrogens with one attached hydrogen (secondary N) is 1. The van der Waals surface area contributed by atoms with Gasteiger partial charge >= 0.3 is 0 Å². The van der Waals surface area contributed by atoms with Gasteiger partial charge in [-0.1, -0.05) is 44.2 Å². The highest BCUT2D eigenvalue weighted by Gasteiger charge is 2.09. The Balaban J connectivity index is 1.89. The van der Waals surface area contributed by atoms with Crippen LogP contribution in [0.1, 0.15) is 31.7 Å². The molecular formula is C19H25NO2. The summed E-state index contributed by atoms with van der Waals surface area (Å²) in [4.78, 5) is 0. The number of methoxy groups -OCH3 is 1. The molecule has 118 valence electrons. The van der Waals surface area contributed by atoms with Crippen molar-refractivity contribution in [3.8, 4) is 11.5 Å². The van der Waals surface area contributed by atoms with E-state index in [1.54, 1.807) is 7.11 Å². The molecule has 0 aliphatic carbocycles. The molecule has 0 radical (unpaired) electrons. The standard InChI is InChI=1S/C19H25NO2/c1-4-15(2)16-9-5-7-11-18(16)22-14-13-20-17-10-6-8-12-19(17)21-3/h5-12,15,20H,4,13-14H2,1-3H3. The zero-order valence-electron chi connectivity index (χ0n) is 13.6. The first kappa shape index (κ1) is 16.2. The second kappa shape index (κ2) is 8.32. The predicted molar refractivity (Wildman–Crippen MR) is 92.1 cm³/mol. The van der Waals surface area contributed by atoms with Crippen molar-refractivity contribution < 1.29 is 9.47 Å². The minimum atomic E-state index is 0.512. The molecule has 2 rings (SSSR count). The van der Waals surface area contributed by atoms with Crippen molar-refractivity contribution in [3.05, 3.63) is 54.1 Å². The van der Waals surface area contributed by atoms with E-state index in [1.807, 2.05) is 36.4 Å². The van der Waals surface area contributed by atoms with E-state index in [0.29, 0.717) is 12.5 Å². The van der Waals surface area contributed by atoms with Gasteiger partial charge in [0.25, 0.3) is 0 Å². The second-order valence-electron chi connectivity index (χ2n) is 5.32. The number of hydrogen-bond acceptors (Lipinski definition) is 3. The first-order chi connectivity index (χ1) is 10.8. The maximum atomic E-state index is 5.95. The fourth-order valence-corrected chi connectivity index (χ4v) is 2.38. The molecule has 0 amide bonds. The van der Waals surface area contributed by atoms with E-state index in [9.17, 15) is 0 Å². The Kier molecular flexibility index (Phi) is 6.13. The Hall–Kier alpha value is -2.16. The van der Waals surface area contributed by atoms with E-state index in [2.05, 4.69) is 31.3 Å². The summed E-state index contributed by atoms with van der Waals surface area (Å²) in [5, 5.41) is 3.35. The number of anilines is 1. The molecule has 3 nitrogen and oxygen atoms in total. The van der Waals surface area contributed by atoms with Crippen molar-refractivity contribution in [1.82, 2.24) is 0 Å². The maximum Gasteiger partial charge on any atom is 0.141 e. The zero-order chi connectivity index (χ0) is 15.8. The summed E-state index contributed by atoms with van der Waals surface area (Å²) in [5.74, 6) is 2.35. The predicted octanol–water partition coefficient (Wildman–Crippen LogP) is 4.70. The quantitative estimate of drug-likeness (QED) is 0.717. The number of para-hydroxylation sites is 3. The molecule has 0 fully saturated rings. The molecule has 3 heteroatoms. The van der Waals surface area contributed by atoms with Gasteiger partial charge in [0.1, 0.15) is 18.1 Å². The third-order valence-electron chi connectivity index (χ3n) is 3.84. The van der Waals surface area contributed by atoms with Crippen molar-refractivity contribution in [3.63, 3.8) is 0 Å². The number of ether oxygens (including phenoxy) is 2. The number of hydrogen-bond donors (Lipinski definition) is 1. The molecule has 0 aliphatic rings. The minimum Gasteiger partial charge on any atom is -0.495 e. The van der Waals surface area contributed by atoms with Crippen LogP contribution in [0.2, 0.25) is 0 Å². The van der Waals surface area contributed by atoms with Gasteiger partial charge in [-0.25, -0.2) is 0 Å². The summed E-state index contributed by atoms with van der Waals surface area (Å²) < 4.78 is 11.3. The van der Waals surface area contributed by atoms with E-state index < -0.39 is 0 Å². The second-order valence-corrected chi connectivity index (χ2v) is 5.32. The average molecular weight is 299 g/mol. The Bertz CT molecular complexity index is 583. The van der Waals surface area contributed by atoms with E-state index in [0.717, 1.165) is 30.2 Å². The van der Waals surface area contributed by atoms with Crippen LogP contribution in [0.15, 0.2) is 48.5 Å². The lowest BCUT2D eigenvalue weighted by Gasteiger charge is -2.16. The summed E-state index contributed by atoms with van der Waals surface area (Å²) in [6, 6.07) is 16.2. The lowest BCUT2D eigenvalue weighted by atomic mass is 9.98. The van der Waals surface area contributed by atoms with Crippen molar-refractivity contribution in [2.75, 3.05) is 25.6 Å². The molecule has 1 atom stereocenters. The van der Waals surface area contributed by atoms with Crippen LogP contribution < -0.4 is 14.8 Å². The molecule has 0 saturated heterocycles. The summed E-state index contributed by atoms with van der Waals surface area (Å²) in [7, 11) is 1.68. The van der Waals surface area contributed by atoms with Crippen molar-refractivity contribution >= 4 is 5.69 Å². The smallest absolute Gasteiger partial charge is 0.141 e. The van der Waals surface area contributed by atoms with Gasteiger partial charge in [0.15, 0.2) is 0 Å². The molecule has 2 aromatic carbocycles. The lowest BCUT2D eigenvalue weighted by Crippen LogP contribution is -2.13. The lowest BCUT2D eigenvalue weighted by molar-refractivity contribution is 0.327.